The highest BCUT2D eigenvalue weighted by Crippen LogP contribution is 2.21. The van der Waals surface area contributed by atoms with Gasteiger partial charge in [0.2, 0.25) is 0 Å². The summed E-state index contributed by atoms with van der Waals surface area (Å²) in [7, 11) is 0. The first-order chi connectivity index (χ1) is 5.95. The molecule has 0 rings (SSSR count). The summed E-state index contributed by atoms with van der Waals surface area (Å²) in [5.74, 6) is 0. The molecule has 1 unspecified atom stereocenters. The van der Waals surface area contributed by atoms with Gasteiger partial charge in [-0.25, -0.2) is 0 Å². The maximum absolute atomic E-state index is 11.7. The normalized spacial score (nSPS) is 14.5. The van der Waals surface area contributed by atoms with Crippen molar-refractivity contribution in [3.05, 3.63) is 0 Å². The van der Waals surface area contributed by atoms with E-state index >= 15 is 0 Å². The Labute approximate surface area is 77.7 Å². The van der Waals surface area contributed by atoms with Crippen LogP contribution in [0.15, 0.2) is 0 Å². The number of halogens is 3. The van der Waals surface area contributed by atoms with Crippen LogP contribution in [0.3, 0.4) is 0 Å². The Morgan fingerprint density at radius 2 is 1.85 bits per heavy atom. The van der Waals surface area contributed by atoms with Crippen molar-refractivity contribution < 1.29 is 13.2 Å². The summed E-state index contributed by atoms with van der Waals surface area (Å²) in [5.41, 5.74) is 0. The Bertz CT molecular complexity index is 123. The molecule has 0 aliphatic rings. The Morgan fingerprint density at radius 3 is 2.31 bits per heavy atom. The van der Waals surface area contributed by atoms with Crippen molar-refractivity contribution >= 4 is 0 Å². The van der Waals surface area contributed by atoms with Crippen molar-refractivity contribution in [3.8, 4) is 0 Å². The molecule has 13 heavy (non-hydrogen) atoms. The fourth-order valence-electron chi connectivity index (χ4n) is 0.943. The quantitative estimate of drug-likeness (QED) is 0.645. The minimum Gasteiger partial charge on any atom is -0.314 e. The highest BCUT2D eigenvalue weighted by atomic mass is 19.4. The number of unbranched alkanes of at least 4 members (excludes halogenated alkanes) is 1. The van der Waals surface area contributed by atoms with Crippen LogP contribution in [0.1, 0.15) is 39.5 Å². The van der Waals surface area contributed by atoms with Crippen LogP contribution in [-0.2, 0) is 0 Å². The van der Waals surface area contributed by atoms with Gasteiger partial charge in [-0.05, 0) is 32.7 Å². The zero-order valence-corrected chi connectivity index (χ0v) is 8.25. The van der Waals surface area contributed by atoms with E-state index in [1.54, 1.807) is 0 Å². The zero-order valence-electron chi connectivity index (χ0n) is 8.25. The molecule has 0 aliphatic heterocycles. The summed E-state index contributed by atoms with van der Waals surface area (Å²) in [5, 5.41) is 3.15. The molecule has 0 heterocycles. The lowest BCUT2D eigenvalue weighted by Crippen LogP contribution is -2.26. The molecule has 80 valence electrons. The van der Waals surface area contributed by atoms with Crippen LogP contribution >= 0.6 is 0 Å². The van der Waals surface area contributed by atoms with Crippen LogP contribution in [0.4, 0.5) is 13.2 Å². The average Bonchev–Trinajstić information content (AvgIpc) is 2.01. The van der Waals surface area contributed by atoms with Gasteiger partial charge in [-0.15, -0.1) is 0 Å². The number of hydrogen-bond acceptors (Lipinski definition) is 1. The van der Waals surface area contributed by atoms with E-state index in [9.17, 15) is 13.2 Å². The summed E-state index contributed by atoms with van der Waals surface area (Å²) >= 11 is 0. The lowest BCUT2D eigenvalue weighted by atomic mass is 10.2. The molecule has 0 amide bonds. The van der Waals surface area contributed by atoms with Crippen molar-refractivity contribution in [3.63, 3.8) is 0 Å². The molecule has 1 nitrogen and oxygen atoms in total. The van der Waals surface area contributed by atoms with E-state index in [4.69, 9.17) is 0 Å². The molecule has 0 radical (unpaired) electrons. The van der Waals surface area contributed by atoms with Crippen LogP contribution in [0.25, 0.3) is 0 Å². The molecule has 0 aliphatic carbocycles. The van der Waals surface area contributed by atoms with Gasteiger partial charge in [0, 0.05) is 12.5 Å². The predicted molar refractivity (Wildman–Crippen MR) is 47.7 cm³/mol. The minimum atomic E-state index is -3.99. The molecular weight excluding hydrogens is 179 g/mol. The highest BCUT2D eigenvalue weighted by Gasteiger charge is 2.25. The van der Waals surface area contributed by atoms with Gasteiger partial charge in [0.05, 0.1) is 0 Å². The Morgan fingerprint density at radius 1 is 1.23 bits per heavy atom. The summed E-state index contributed by atoms with van der Waals surface area (Å²) < 4.78 is 35.1. The molecule has 0 aromatic heterocycles. The molecule has 1 atom stereocenters. The van der Waals surface area contributed by atoms with Crippen molar-refractivity contribution in [1.82, 2.24) is 5.32 Å². The molecule has 1 N–H and O–H groups in total. The molecule has 0 aromatic carbocycles. The second-order valence-corrected chi connectivity index (χ2v) is 3.34. The minimum absolute atomic E-state index is 0.229. The lowest BCUT2D eigenvalue weighted by Gasteiger charge is -2.11. The largest absolute Gasteiger partial charge is 0.389 e. The van der Waals surface area contributed by atoms with Crippen molar-refractivity contribution in [1.29, 1.82) is 0 Å². The monoisotopic (exact) mass is 197 g/mol. The van der Waals surface area contributed by atoms with E-state index in [2.05, 4.69) is 5.32 Å². The summed E-state index contributed by atoms with van der Waals surface area (Å²) in [6.07, 6.45) is -2.80. The number of hydrogen-bond donors (Lipinski definition) is 1. The Hall–Kier alpha value is -0.250. The van der Waals surface area contributed by atoms with Crippen LogP contribution in [0.5, 0.6) is 0 Å². The second kappa shape index (κ2) is 6.24. The number of nitrogens with one attached hydrogen (secondary N) is 1. The van der Waals surface area contributed by atoms with Gasteiger partial charge < -0.3 is 5.32 Å². The predicted octanol–water partition coefficient (Wildman–Crippen LogP) is 3.11. The summed E-state index contributed by atoms with van der Waals surface area (Å²) in [6.45, 7) is 4.77. The maximum atomic E-state index is 11.7. The van der Waals surface area contributed by atoms with Crippen LogP contribution in [0.2, 0.25) is 0 Å². The van der Waals surface area contributed by atoms with Crippen LogP contribution in [0, 0.1) is 0 Å². The first kappa shape index (κ1) is 12.8. The molecule has 0 saturated carbocycles. The third kappa shape index (κ3) is 9.67. The molecular formula is C9H18F3N. The molecule has 0 aromatic rings. The Balaban J connectivity index is 3.18. The maximum Gasteiger partial charge on any atom is 0.389 e. The van der Waals surface area contributed by atoms with Gasteiger partial charge in [0.15, 0.2) is 0 Å². The molecule has 0 spiro atoms. The summed E-state index contributed by atoms with van der Waals surface area (Å²) in [4.78, 5) is 0. The topological polar surface area (TPSA) is 12.0 Å². The van der Waals surface area contributed by atoms with E-state index in [1.807, 2.05) is 13.8 Å². The fraction of sp³-hybridized carbons (Fsp3) is 1.00. The first-order valence-electron chi connectivity index (χ1n) is 4.76. The summed E-state index contributed by atoms with van der Waals surface area (Å²) in [6, 6.07) is 0.408. The van der Waals surface area contributed by atoms with E-state index in [-0.39, 0.29) is 6.42 Å². The zero-order chi connectivity index (χ0) is 10.3. The van der Waals surface area contributed by atoms with Gasteiger partial charge in [-0.2, -0.15) is 13.2 Å². The average molecular weight is 197 g/mol. The van der Waals surface area contributed by atoms with E-state index in [0.717, 1.165) is 6.42 Å². The van der Waals surface area contributed by atoms with Crippen LogP contribution in [-0.4, -0.2) is 18.8 Å². The van der Waals surface area contributed by atoms with Crippen molar-refractivity contribution in [2.45, 2.75) is 51.7 Å². The fourth-order valence-corrected chi connectivity index (χ4v) is 0.943. The van der Waals surface area contributed by atoms with E-state index in [1.165, 1.54) is 0 Å². The van der Waals surface area contributed by atoms with Crippen molar-refractivity contribution in [2.24, 2.45) is 0 Å². The molecule has 0 saturated heterocycles. The number of alkyl halides is 3. The Kier molecular flexibility index (Phi) is 6.12. The SMILES string of the molecule is CCC(C)NCCCCC(F)(F)F. The van der Waals surface area contributed by atoms with Gasteiger partial charge >= 0.3 is 6.18 Å². The molecule has 0 fully saturated rings. The van der Waals surface area contributed by atoms with Gasteiger partial charge in [-0.1, -0.05) is 6.92 Å². The number of rotatable bonds is 6. The third-order valence-electron chi connectivity index (χ3n) is 1.99. The third-order valence-corrected chi connectivity index (χ3v) is 1.99. The first-order valence-corrected chi connectivity index (χ1v) is 4.76. The smallest absolute Gasteiger partial charge is 0.314 e. The van der Waals surface area contributed by atoms with Gasteiger partial charge in [0.1, 0.15) is 0 Å². The van der Waals surface area contributed by atoms with Crippen LogP contribution < -0.4 is 5.32 Å². The van der Waals surface area contributed by atoms with Gasteiger partial charge in [0.25, 0.3) is 0 Å². The highest BCUT2D eigenvalue weighted by molar-refractivity contribution is 4.58. The molecule has 0 bridgehead atoms. The standard InChI is InChI=1S/C9H18F3N/c1-3-8(2)13-7-5-4-6-9(10,11)12/h8,13H,3-7H2,1-2H3. The lowest BCUT2D eigenvalue weighted by molar-refractivity contribution is -0.135. The van der Waals surface area contributed by atoms with Gasteiger partial charge in [-0.3, -0.25) is 0 Å². The second-order valence-electron chi connectivity index (χ2n) is 3.34. The van der Waals surface area contributed by atoms with E-state index in [0.29, 0.717) is 19.0 Å². The van der Waals surface area contributed by atoms with E-state index < -0.39 is 12.6 Å². The van der Waals surface area contributed by atoms with Crippen molar-refractivity contribution in [2.75, 3.05) is 6.54 Å². The molecule has 4 heteroatoms.